The van der Waals surface area contributed by atoms with Crippen LogP contribution in [-0.4, -0.2) is 20.7 Å². The Labute approximate surface area is 108 Å². The molecule has 18 heavy (non-hydrogen) atoms. The van der Waals surface area contributed by atoms with Crippen molar-refractivity contribution in [3.8, 4) is 0 Å². The van der Waals surface area contributed by atoms with Gasteiger partial charge in [0, 0.05) is 12.6 Å². The molecule has 0 aliphatic rings. The van der Waals surface area contributed by atoms with Crippen molar-refractivity contribution in [1.29, 1.82) is 0 Å². The molecule has 6 heteroatoms. The lowest BCUT2D eigenvalue weighted by Gasteiger charge is -2.21. The molecule has 0 aliphatic heterocycles. The molecule has 0 amide bonds. The van der Waals surface area contributed by atoms with Crippen molar-refractivity contribution in [2.24, 2.45) is 5.92 Å². The number of rotatable bonds is 6. The second-order valence-electron chi connectivity index (χ2n) is 4.76. The molecule has 1 aromatic rings. The van der Waals surface area contributed by atoms with Crippen molar-refractivity contribution in [1.82, 2.24) is 9.78 Å². The van der Waals surface area contributed by atoms with E-state index >= 15 is 0 Å². The molecule has 1 unspecified atom stereocenters. The van der Waals surface area contributed by atoms with Gasteiger partial charge in [-0.05, 0) is 26.2 Å². The maximum absolute atomic E-state index is 11.1. The van der Waals surface area contributed by atoms with Crippen molar-refractivity contribution >= 4 is 11.5 Å². The van der Waals surface area contributed by atoms with Crippen molar-refractivity contribution in [2.75, 3.05) is 5.32 Å². The molecule has 1 heterocycles. The molecule has 0 bridgehead atoms. The molecule has 6 nitrogen and oxygen atoms in total. The molecule has 0 saturated carbocycles. The summed E-state index contributed by atoms with van der Waals surface area (Å²) in [6.07, 6.45) is 0.919. The lowest BCUT2D eigenvalue weighted by Crippen LogP contribution is -2.26. The molecular formula is C12H22N4O2. The lowest BCUT2D eigenvalue weighted by atomic mass is 10.0. The predicted octanol–water partition coefficient (Wildman–Crippen LogP) is 2.97. The number of hydrogen-bond acceptors (Lipinski definition) is 4. The monoisotopic (exact) mass is 254 g/mol. The highest BCUT2D eigenvalue weighted by Crippen LogP contribution is 2.29. The lowest BCUT2D eigenvalue weighted by molar-refractivity contribution is -0.384. The molecule has 0 spiro atoms. The molecule has 1 aromatic heterocycles. The first-order chi connectivity index (χ1) is 8.42. The largest absolute Gasteiger partial charge is 0.362 e. The minimum Gasteiger partial charge on any atom is -0.362 e. The van der Waals surface area contributed by atoms with E-state index in [2.05, 4.69) is 31.2 Å². The standard InChI is InChI=1S/C12H22N4O2/c1-6-10(8(3)4)13-12-11(16(17)18)9(5)14-15(12)7-2/h8,10,13H,6-7H2,1-5H3. The van der Waals surface area contributed by atoms with Gasteiger partial charge in [-0.2, -0.15) is 5.10 Å². The maximum Gasteiger partial charge on any atom is 0.333 e. The average molecular weight is 254 g/mol. The zero-order valence-electron chi connectivity index (χ0n) is 11.7. The summed E-state index contributed by atoms with van der Waals surface area (Å²) in [7, 11) is 0. The highest BCUT2D eigenvalue weighted by atomic mass is 16.6. The minimum atomic E-state index is -0.357. The minimum absolute atomic E-state index is 0.0935. The van der Waals surface area contributed by atoms with Crippen LogP contribution in [0.2, 0.25) is 0 Å². The first-order valence-electron chi connectivity index (χ1n) is 6.40. The maximum atomic E-state index is 11.1. The Kier molecular flexibility index (Phi) is 4.69. The summed E-state index contributed by atoms with van der Waals surface area (Å²) in [5.74, 6) is 0.940. The van der Waals surface area contributed by atoms with Gasteiger partial charge < -0.3 is 5.32 Å². The van der Waals surface area contributed by atoms with E-state index in [-0.39, 0.29) is 16.7 Å². The zero-order chi connectivity index (χ0) is 13.9. The molecule has 0 radical (unpaired) electrons. The van der Waals surface area contributed by atoms with Crippen molar-refractivity contribution in [3.63, 3.8) is 0 Å². The topological polar surface area (TPSA) is 73.0 Å². The number of hydrogen-bond donors (Lipinski definition) is 1. The van der Waals surface area contributed by atoms with Crippen molar-refractivity contribution < 1.29 is 4.92 Å². The number of nitrogens with zero attached hydrogens (tertiary/aromatic N) is 3. The molecule has 0 aliphatic carbocycles. The van der Waals surface area contributed by atoms with E-state index in [9.17, 15) is 10.1 Å². The van der Waals surface area contributed by atoms with E-state index in [1.807, 2.05) is 6.92 Å². The van der Waals surface area contributed by atoms with Gasteiger partial charge in [0.05, 0.1) is 4.92 Å². The molecule has 0 aromatic carbocycles. The third-order valence-corrected chi connectivity index (χ3v) is 3.14. The van der Waals surface area contributed by atoms with Crippen LogP contribution in [0.1, 0.15) is 39.8 Å². The molecule has 0 saturated heterocycles. The van der Waals surface area contributed by atoms with E-state index < -0.39 is 0 Å². The fourth-order valence-corrected chi connectivity index (χ4v) is 2.08. The Bertz CT molecular complexity index is 426. The second-order valence-corrected chi connectivity index (χ2v) is 4.76. The third-order valence-electron chi connectivity index (χ3n) is 3.14. The molecule has 1 N–H and O–H groups in total. The number of nitrogens with one attached hydrogen (secondary N) is 1. The van der Waals surface area contributed by atoms with Crippen LogP contribution >= 0.6 is 0 Å². The van der Waals surface area contributed by atoms with Gasteiger partial charge in [-0.3, -0.25) is 10.1 Å². The summed E-state index contributed by atoms with van der Waals surface area (Å²) in [6, 6.07) is 0.213. The van der Waals surface area contributed by atoms with E-state index in [1.165, 1.54) is 0 Å². The van der Waals surface area contributed by atoms with Crippen molar-refractivity contribution in [2.45, 2.75) is 53.6 Å². The van der Waals surface area contributed by atoms with E-state index in [0.29, 0.717) is 24.0 Å². The van der Waals surface area contributed by atoms with E-state index in [1.54, 1.807) is 11.6 Å². The van der Waals surface area contributed by atoms with Crippen LogP contribution in [0.15, 0.2) is 0 Å². The summed E-state index contributed by atoms with van der Waals surface area (Å²) < 4.78 is 1.67. The summed E-state index contributed by atoms with van der Waals surface area (Å²) in [6.45, 7) is 10.5. The summed E-state index contributed by atoms with van der Waals surface area (Å²) in [4.78, 5) is 10.8. The Hall–Kier alpha value is -1.59. The zero-order valence-corrected chi connectivity index (χ0v) is 11.7. The number of anilines is 1. The average Bonchev–Trinajstić information content (AvgIpc) is 2.61. The van der Waals surface area contributed by atoms with Crippen LogP contribution in [-0.2, 0) is 6.54 Å². The van der Waals surface area contributed by atoms with Gasteiger partial charge in [0.2, 0.25) is 5.82 Å². The van der Waals surface area contributed by atoms with Gasteiger partial charge in [0.1, 0.15) is 5.69 Å². The molecule has 1 atom stereocenters. The fraction of sp³-hybridized carbons (Fsp3) is 0.750. The Morgan fingerprint density at radius 2 is 2.06 bits per heavy atom. The first-order valence-corrected chi connectivity index (χ1v) is 6.40. The third kappa shape index (κ3) is 2.80. The Morgan fingerprint density at radius 3 is 2.44 bits per heavy atom. The Morgan fingerprint density at radius 1 is 1.44 bits per heavy atom. The summed E-state index contributed by atoms with van der Waals surface area (Å²) in [5.41, 5.74) is 0.555. The smallest absolute Gasteiger partial charge is 0.333 e. The van der Waals surface area contributed by atoms with Crippen LogP contribution in [0.3, 0.4) is 0 Å². The van der Waals surface area contributed by atoms with Crippen LogP contribution in [0.4, 0.5) is 11.5 Å². The second kappa shape index (κ2) is 5.84. The normalized spacial score (nSPS) is 12.8. The molecule has 1 rings (SSSR count). The predicted molar refractivity (Wildman–Crippen MR) is 71.8 cm³/mol. The van der Waals surface area contributed by atoms with Gasteiger partial charge in [-0.25, -0.2) is 4.68 Å². The van der Waals surface area contributed by atoms with Crippen LogP contribution in [0.5, 0.6) is 0 Å². The quantitative estimate of drug-likeness (QED) is 0.625. The Balaban J connectivity index is 3.16. The van der Waals surface area contributed by atoms with Crippen LogP contribution in [0.25, 0.3) is 0 Å². The number of aryl methyl sites for hydroxylation is 2. The van der Waals surface area contributed by atoms with Gasteiger partial charge >= 0.3 is 5.69 Å². The number of aromatic nitrogens is 2. The van der Waals surface area contributed by atoms with E-state index in [4.69, 9.17) is 0 Å². The van der Waals surface area contributed by atoms with Gasteiger partial charge in [0.15, 0.2) is 0 Å². The molecule has 0 fully saturated rings. The van der Waals surface area contributed by atoms with Crippen LogP contribution in [0, 0.1) is 23.0 Å². The SMILES string of the molecule is CCC(Nc1c([N+](=O)[O-])c(C)nn1CC)C(C)C. The van der Waals surface area contributed by atoms with Crippen molar-refractivity contribution in [3.05, 3.63) is 15.8 Å². The number of nitro groups is 1. The molecule has 102 valence electrons. The highest BCUT2D eigenvalue weighted by molar-refractivity contribution is 5.60. The molecular weight excluding hydrogens is 232 g/mol. The first kappa shape index (κ1) is 14.5. The highest BCUT2D eigenvalue weighted by Gasteiger charge is 2.26. The summed E-state index contributed by atoms with van der Waals surface area (Å²) >= 11 is 0. The van der Waals surface area contributed by atoms with Gasteiger partial charge in [-0.15, -0.1) is 0 Å². The van der Waals surface area contributed by atoms with Gasteiger partial charge in [0.25, 0.3) is 0 Å². The van der Waals surface area contributed by atoms with Gasteiger partial charge in [-0.1, -0.05) is 20.8 Å². The fourth-order valence-electron chi connectivity index (χ4n) is 2.08. The van der Waals surface area contributed by atoms with E-state index in [0.717, 1.165) is 6.42 Å². The van der Waals surface area contributed by atoms with Crippen LogP contribution < -0.4 is 5.32 Å². The summed E-state index contributed by atoms with van der Waals surface area (Å²) in [5, 5.41) is 18.6.